The van der Waals surface area contributed by atoms with E-state index < -0.39 is 6.10 Å². The van der Waals surface area contributed by atoms with E-state index in [1.54, 1.807) is 0 Å². The van der Waals surface area contributed by atoms with Gasteiger partial charge >= 0.3 is 17.9 Å². The number of hydrogen-bond acceptors (Lipinski definition) is 6. The van der Waals surface area contributed by atoms with Crippen molar-refractivity contribution in [1.29, 1.82) is 0 Å². The normalized spacial score (nSPS) is 12.4. The first kappa shape index (κ1) is 80.1. The van der Waals surface area contributed by atoms with E-state index in [4.69, 9.17) is 14.2 Å². The fourth-order valence-corrected chi connectivity index (χ4v) is 11.0. The van der Waals surface area contributed by atoms with Crippen molar-refractivity contribution in [3.63, 3.8) is 0 Å². The molecule has 0 saturated heterocycles. The van der Waals surface area contributed by atoms with Gasteiger partial charge in [0, 0.05) is 19.3 Å². The van der Waals surface area contributed by atoms with Gasteiger partial charge in [-0.1, -0.05) is 351 Å². The summed E-state index contributed by atoms with van der Waals surface area (Å²) in [5, 5.41) is 0. The van der Waals surface area contributed by atoms with Crippen LogP contribution >= 0.6 is 0 Å². The molecule has 0 bridgehead atoms. The summed E-state index contributed by atoms with van der Waals surface area (Å²) in [5.74, 6) is -0.883. The number of ether oxygens (including phenoxy) is 3. The Morgan fingerprint density at radius 3 is 0.747 bits per heavy atom. The van der Waals surface area contributed by atoms with Gasteiger partial charge in [0.2, 0.25) is 0 Å². The molecule has 0 N–H and O–H groups in total. The Labute approximate surface area is 517 Å². The molecule has 484 valence electrons. The zero-order valence-electron chi connectivity index (χ0n) is 55.7. The quantitative estimate of drug-likeness (QED) is 0.0261. The van der Waals surface area contributed by atoms with E-state index in [0.29, 0.717) is 19.3 Å². The largest absolute Gasteiger partial charge is 0.462 e. The van der Waals surface area contributed by atoms with E-state index in [0.717, 1.165) is 109 Å². The molecule has 0 saturated carbocycles. The third kappa shape index (κ3) is 69.8. The van der Waals surface area contributed by atoms with E-state index >= 15 is 0 Å². The van der Waals surface area contributed by atoms with Crippen LogP contribution in [0.15, 0.2) is 60.8 Å². The Balaban J connectivity index is 4.17. The molecule has 0 aliphatic rings. The summed E-state index contributed by atoms with van der Waals surface area (Å²) in [5.41, 5.74) is 0. The van der Waals surface area contributed by atoms with E-state index in [-0.39, 0.29) is 31.1 Å². The number of carbonyl (C=O) groups excluding carboxylic acids is 3. The van der Waals surface area contributed by atoms with Crippen LogP contribution in [0.5, 0.6) is 0 Å². The lowest BCUT2D eigenvalue weighted by atomic mass is 10.0. The van der Waals surface area contributed by atoms with Crippen molar-refractivity contribution in [3.05, 3.63) is 60.8 Å². The second-order valence-corrected chi connectivity index (χ2v) is 24.8. The van der Waals surface area contributed by atoms with Crippen LogP contribution in [0.1, 0.15) is 393 Å². The molecule has 1 unspecified atom stereocenters. The monoisotopic (exact) mass is 1160 g/mol. The van der Waals surface area contributed by atoms with Crippen LogP contribution in [0.3, 0.4) is 0 Å². The van der Waals surface area contributed by atoms with Gasteiger partial charge in [0.25, 0.3) is 0 Å². The smallest absolute Gasteiger partial charge is 0.306 e. The molecule has 1 atom stereocenters. The highest BCUT2D eigenvalue weighted by Gasteiger charge is 2.19. The minimum absolute atomic E-state index is 0.0798. The van der Waals surface area contributed by atoms with E-state index in [9.17, 15) is 14.4 Å². The number of carbonyl (C=O) groups is 3. The summed E-state index contributed by atoms with van der Waals surface area (Å²) in [6, 6.07) is 0. The van der Waals surface area contributed by atoms with Crippen molar-refractivity contribution in [2.75, 3.05) is 13.2 Å². The molecule has 6 nitrogen and oxygen atoms in total. The Hall–Kier alpha value is -2.89. The molecule has 0 aliphatic carbocycles. The predicted molar refractivity (Wildman–Crippen MR) is 362 cm³/mol. The van der Waals surface area contributed by atoms with Crippen molar-refractivity contribution in [1.82, 2.24) is 0 Å². The molecule has 0 radical (unpaired) electrons. The lowest BCUT2D eigenvalue weighted by molar-refractivity contribution is -0.167. The van der Waals surface area contributed by atoms with Gasteiger partial charge in [0.1, 0.15) is 13.2 Å². The summed E-state index contributed by atoms with van der Waals surface area (Å²) in [6.07, 6.45) is 92.8. The maximum atomic E-state index is 12.9. The van der Waals surface area contributed by atoms with Crippen molar-refractivity contribution >= 4 is 17.9 Å². The SMILES string of the molecule is CC/C=C\C/C=C\C/C=C\CCCCCCCC(=O)OCC(COC(=O)CCCCCCCCCCCCCCCCCCCCCCCCCCCCCCCCCC)OC(=O)CCCCCCCCC/C=C\C/C=C\CCCCCC. The third-order valence-electron chi connectivity index (χ3n) is 16.5. The molecule has 0 aromatic heterocycles. The molecule has 6 heteroatoms. The first-order chi connectivity index (χ1) is 41.0. The van der Waals surface area contributed by atoms with Crippen LogP contribution in [0.25, 0.3) is 0 Å². The fraction of sp³-hybridized carbons (Fsp3) is 0.831. The van der Waals surface area contributed by atoms with Gasteiger partial charge in [-0.15, -0.1) is 0 Å². The van der Waals surface area contributed by atoms with Gasteiger partial charge in [-0.2, -0.15) is 0 Å². The van der Waals surface area contributed by atoms with E-state index in [2.05, 4.69) is 81.5 Å². The average Bonchev–Trinajstić information content (AvgIpc) is 3.49. The number of allylic oxidation sites excluding steroid dienone is 10. The second-order valence-electron chi connectivity index (χ2n) is 24.8. The lowest BCUT2D eigenvalue weighted by Crippen LogP contribution is -2.30. The zero-order chi connectivity index (χ0) is 59.9. The standard InChI is InChI=1S/C77H140O6/c1-4-7-10-13-16-19-22-25-28-30-32-33-34-35-36-37-38-39-40-41-42-43-44-45-47-49-52-55-58-61-64-67-70-76(79)82-73-74(72-81-75(78)69-66-63-60-57-54-51-48-27-24-21-18-15-12-9-6-3)83-77(80)71-68-65-62-59-56-53-50-46-31-29-26-23-20-17-14-11-8-5-2/h9,12,18,20-21,23,27,29,31,48,74H,4-8,10-11,13-17,19,22,24-26,28,30,32-47,49-73H2,1-3H3/b12-9-,21-18-,23-20-,31-29-,48-27-. The molecule has 0 heterocycles. The summed E-state index contributed by atoms with van der Waals surface area (Å²) < 4.78 is 17.0. The molecule has 0 aromatic carbocycles. The highest BCUT2D eigenvalue weighted by Crippen LogP contribution is 2.19. The Morgan fingerprint density at radius 1 is 0.253 bits per heavy atom. The summed E-state index contributed by atoms with van der Waals surface area (Å²) in [7, 11) is 0. The molecule has 0 aliphatic heterocycles. The van der Waals surface area contributed by atoms with Crippen LogP contribution in [-0.4, -0.2) is 37.2 Å². The minimum Gasteiger partial charge on any atom is -0.462 e. The van der Waals surface area contributed by atoms with Crippen LogP contribution in [0.2, 0.25) is 0 Å². The van der Waals surface area contributed by atoms with Crippen molar-refractivity contribution in [2.24, 2.45) is 0 Å². The predicted octanol–water partition coefficient (Wildman–Crippen LogP) is 25.5. The minimum atomic E-state index is -0.786. The van der Waals surface area contributed by atoms with Gasteiger partial charge in [-0.05, 0) is 83.5 Å². The van der Waals surface area contributed by atoms with Gasteiger partial charge in [0.05, 0.1) is 0 Å². The topological polar surface area (TPSA) is 78.9 Å². The summed E-state index contributed by atoms with van der Waals surface area (Å²) in [6.45, 7) is 6.55. The number of rotatable bonds is 68. The maximum absolute atomic E-state index is 12.9. The number of unbranched alkanes of at least 4 members (excludes halogenated alkanes) is 47. The van der Waals surface area contributed by atoms with Gasteiger partial charge < -0.3 is 14.2 Å². The second kappa shape index (κ2) is 71.6. The Bertz CT molecular complexity index is 1470. The third-order valence-corrected chi connectivity index (χ3v) is 16.5. The first-order valence-electron chi connectivity index (χ1n) is 36.8. The van der Waals surface area contributed by atoms with Crippen LogP contribution in [0.4, 0.5) is 0 Å². The Kier molecular flexibility index (Phi) is 69.1. The van der Waals surface area contributed by atoms with Gasteiger partial charge in [0.15, 0.2) is 6.10 Å². The van der Waals surface area contributed by atoms with Crippen LogP contribution < -0.4 is 0 Å². The fourth-order valence-electron chi connectivity index (χ4n) is 11.0. The molecule has 0 spiro atoms. The summed E-state index contributed by atoms with van der Waals surface area (Å²) in [4.78, 5) is 38.4. The molecule has 0 fully saturated rings. The van der Waals surface area contributed by atoms with Crippen molar-refractivity contribution in [2.45, 2.75) is 399 Å². The van der Waals surface area contributed by atoms with E-state index in [1.807, 2.05) is 0 Å². The van der Waals surface area contributed by atoms with Crippen LogP contribution in [-0.2, 0) is 28.6 Å². The lowest BCUT2D eigenvalue weighted by Gasteiger charge is -2.18. The number of hydrogen-bond donors (Lipinski definition) is 0. The van der Waals surface area contributed by atoms with Crippen LogP contribution in [0, 0.1) is 0 Å². The average molecular weight is 1160 g/mol. The zero-order valence-corrected chi connectivity index (χ0v) is 55.7. The van der Waals surface area contributed by atoms with Gasteiger partial charge in [-0.25, -0.2) is 0 Å². The van der Waals surface area contributed by atoms with E-state index in [1.165, 1.54) is 244 Å². The van der Waals surface area contributed by atoms with Crippen molar-refractivity contribution < 1.29 is 28.6 Å². The molecular weight excluding hydrogens is 1020 g/mol. The molecule has 0 rings (SSSR count). The first-order valence-corrected chi connectivity index (χ1v) is 36.8. The number of esters is 3. The maximum Gasteiger partial charge on any atom is 0.306 e. The highest BCUT2D eigenvalue weighted by atomic mass is 16.6. The Morgan fingerprint density at radius 2 is 0.470 bits per heavy atom. The highest BCUT2D eigenvalue weighted by molar-refractivity contribution is 5.71. The van der Waals surface area contributed by atoms with Gasteiger partial charge in [-0.3, -0.25) is 14.4 Å². The molecule has 0 aromatic rings. The molecule has 0 amide bonds. The molecular formula is C77H140O6. The summed E-state index contributed by atoms with van der Waals surface area (Å²) >= 11 is 0. The van der Waals surface area contributed by atoms with Crippen molar-refractivity contribution in [3.8, 4) is 0 Å². The molecule has 83 heavy (non-hydrogen) atoms.